The van der Waals surface area contributed by atoms with Crippen molar-refractivity contribution >= 4 is 5.96 Å². The summed E-state index contributed by atoms with van der Waals surface area (Å²) in [6, 6.07) is 11.4. The highest BCUT2D eigenvalue weighted by atomic mass is 19.1. The minimum Gasteiger partial charge on any atom is -0.491 e. The molecule has 0 saturated heterocycles. The van der Waals surface area contributed by atoms with Crippen molar-refractivity contribution in [2.75, 3.05) is 40.5 Å². The van der Waals surface area contributed by atoms with Gasteiger partial charge in [-0.05, 0) is 64.2 Å². The van der Waals surface area contributed by atoms with Gasteiger partial charge in [-0.1, -0.05) is 18.2 Å². The van der Waals surface area contributed by atoms with E-state index in [0.717, 1.165) is 29.0 Å². The molecule has 0 aromatic heterocycles. The van der Waals surface area contributed by atoms with Crippen LogP contribution in [0.5, 0.6) is 5.75 Å². The van der Waals surface area contributed by atoms with Crippen LogP contribution in [0, 0.1) is 12.7 Å². The van der Waals surface area contributed by atoms with E-state index in [1.54, 1.807) is 6.07 Å². The molecule has 0 aliphatic heterocycles. The van der Waals surface area contributed by atoms with Crippen molar-refractivity contribution in [3.8, 4) is 5.75 Å². The predicted octanol–water partition coefficient (Wildman–Crippen LogP) is 3.87. The minimum atomic E-state index is -0.187. The topological polar surface area (TPSA) is 58.1 Å². The fourth-order valence-corrected chi connectivity index (χ4v) is 3.18. The van der Waals surface area contributed by atoms with Gasteiger partial charge in [0.25, 0.3) is 0 Å². The van der Waals surface area contributed by atoms with Gasteiger partial charge in [0.2, 0.25) is 0 Å². The zero-order valence-electron chi connectivity index (χ0n) is 20.0. The van der Waals surface area contributed by atoms with E-state index in [2.05, 4.69) is 27.8 Å². The van der Waals surface area contributed by atoms with Crippen LogP contribution >= 0.6 is 0 Å². The smallest absolute Gasteiger partial charge is 0.191 e. The quantitative estimate of drug-likeness (QED) is 0.296. The molecule has 2 aromatic rings. The van der Waals surface area contributed by atoms with E-state index in [-0.39, 0.29) is 5.82 Å². The first-order valence-electron chi connectivity index (χ1n) is 11.2. The number of halogens is 1. The SMILES string of the molecule is CCNC(=NCc1ccc(F)c(CN(C)C)c1)NCc1ccc(C)cc1OCCOCC. The highest BCUT2D eigenvalue weighted by Crippen LogP contribution is 2.20. The summed E-state index contributed by atoms with van der Waals surface area (Å²) in [6.45, 7) is 10.1. The van der Waals surface area contributed by atoms with E-state index in [1.165, 1.54) is 6.07 Å². The van der Waals surface area contributed by atoms with E-state index in [0.29, 0.717) is 51.0 Å². The molecule has 0 aliphatic rings. The summed E-state index contributed by atoms with van der Waals surface area (Å²) < 4.78 is 25.4. The van der Waals surface area contributed by atoms with E-state index < -0.39 is 0 Å². The Labute approximate surface area is 191 Å². The molecule has 0 radical (unpaired) electrons. The first kappa shape index (κ1) is 25.6. The Bertz CT molecular complexity index is 871. The van der Waals surface area contributed by atoms with Gasteiger partial charge in [0, 0.05) is 37.4 Å². The normalized spacial score (nSPS) is 11.7. The second kappa shape index (κ2) is 13.7. The first-order valence-corrected chi connectivity index (χ1v) is 11.2. The summed E-state index contributed by atoms with van der Waals surface area (Å²) in [6.07, 6.45) is 0. The largest absolute Gasteiger partial charge is 0.491 e. The Morgan fingerprint density at radius 2 is 1.84 bits per heavy atom. The molecule has 0 atom stereocenters. The van der Waals surface area contributed by atoms with Gasteiger partial charge in [-0.3, -0.25) is 0 Å². The lowest BCUT2D eigenvalue weighted by molar-refractivity contribution is 0.110. The van der Waals surface area contributed by atoms with Gasteiger partial charge in [0.1, 0.15) is 18.2 Å². The number of nitrogens with zero attached hydrogens (tertiary/aromatic N) is 2. The van der Waals surface area contributed by atoms with E-state index in [1.807, 2.05) is 51.9 Å². The van der Waals surface area contributed by atoms with Crippen molar-refractivity contribution in [2.45, 2.75) is 40.4 Å². The van der Waals surface area contributed by atoms with Crippen LogP contribution in [-0.4, -0.2) is 51.3 Å². The third-order valence-corrected chi connectivity index (χ3v) is 4.72. The molecule has 0 aliphatic carbocycles. The Morgan fingerprint density at radius 3 is 2.56 bits per heavy atom. The third-order valence-electron chi connectivity index (χ3n) is 4.72. The fraction of sp³-hybridized carbons (Fsp3) is 0.480. The van der Waals surface area contributed by atoms with Crippen LogP contribution in [0.4, 0.5) is 4.39 Å². The average Bonchev–Trinajstić information content (AvgIpc) is 2.76. The Hall–Kier alpha value is -2.64. The van der Waals surface area contributed by atoms with Crippen LogP contribution in [0.2, 0.25) is 0 Å². The van der Waals surface area contributed by atoms with Gasteiger partial charge in [-0.15, -0.1) is 0 Å². The van der Waals surface area contributed by atoms with Crippen molar-refractivity contribution < 1.29 is 13.9 Å². The van der Waals surface area contributed by atoms with Gasteiger partial charge >= 0.3 is 0 Å². The number of ether oxygens (including phenoxy) is 2. The number of nitrogens with one attached hydrogen (secondary N) is 2. The minimum absolute atomic E-state index is 0.187. The molecule has 2 aromatic carbocycles. The standard InChI is InChI=1S/C25H37FN4O2/c1-6-27-25(28-16-20-9-11-23(26)22(15-20)18-30(4)5)29-17-21-10-8-19(3)14-24(21)32-13-12-31-7-2/h8-11,14-15H,6-7,12-13,16-18H2,1-5H3,(H2,27,28,29). The Morgan fingerprint density at radius 1 is 1.03 bits per heavy atom. The molecular weight excluding hydrogens is 407 g/mol. The molecule has 0 bridgehead atoms. The van der Waals surface area contributed by atoms with Crippen LogP contribution in [-0.2, 0) is 24.4 Å². The summed E-state index contributed by atoms with van der Waals surface area (Å²) >= 11 is 0. The van der Waals surface area contributed by atoms with Crippen molar-refractivity contribution in [2.24, 2.45) is 4.99 Å². The molecule has 176 valence electrons. The summed E-state index contributed by atoms with van der Waals surface area (Å²) in [7, 11) is 3.86. The molecule has 0 heterocycles. The zero-order valence-corrected chi connectivity index (χ0v) is 20.0. The first-order chi connectivity index (χ1) is 15.4. The molecule has 6 nitrogen and oxygen atoms in total. The van der Waals surface area contributed by atoms with Crippen LogP contribution in [0.15, 0.2) is 41.4 Å². The molecular formula is C25H37FN4O2. The molecule has 0 unspecified atom stereocenters. The fourth-order valence-electron chi connectivity index (χ4n) is 3.18. The summed E-state index contributed by atoms with van der Waals surface area (Å²) in [5, 5.41) is 6.64. The van der Waals surface area contributed by atoms with Crippen molar-refractivity contribution in [1.82, 2.24) is 15.5 Å². The maximum absolute atomic E-state index is 14.0. The Balaban J connectivity index is 2.05. The summed E-state index contributed by atoms with van der Waals surface area (Å²) in [4.78, 5) is 6.63. The zero-order chi connectivity index (χ0) is 23.3. The number of rotatable bonds is 12. The van der Waals surface area contributed by atoms with Crippen molar-refractivity contribution in [1.29, 1.82) is 0 Å². The van der Waals surface area contributed by atoms with E-state index in [4.69, 9.17) is 9.47 Å². The van der Waals surface area contributed by atoms with Crippen molar-refractivity contribution in [3.05, 3.63) is 64.5 Å². The lowest BCUT2D eigenvalue weighted by Gasteiger charge is -2.16. The summed E-state index contributed by atoms with van der Waals surface area (Å²) in [5.74, 6) is 1.36. The predicted molar refractivity (Wildman–Crippen MR) is 129 cm³/mol. The number of guanidine groups is 1. The van der Waals surface area contributed by atoms with E-state index >= 15 is 0 Å². The molecule has 32 heavy (non-hydrogen) atoms. The second-order valence-electron chi connectivity index (χ2n) is 7.87. The summed E-state index contributed by atoms with van der Waals surface area (Å²) in [5.41, 5.74) is 3.84. The average molecular weight is 445 g/mol. The third kappa shape index (κ3) is 8.85. The van der Waals surface area contributed by atoms with Crippen LogP contribution in [0.3, 0.4) is 0 Å². The second-order valence-corrected chi connectivity index (χ2v) is 7.87. The molecule has 2 N–H and O–H groups in total. The van der Waals surface area contributed by atoms with E-state index in [9.17, 15) is 4.39 Å². The maximum atomic E-state index is 14.0. The number of benzene rings is 2. The highest BCUT2D eigenvalue weighted by molar-refractivity contribution is 5.79. The van der Waals surface area contributed by atoms with Crippen LogP contribution in [0.25, 0.3) is 0 Å². The van der Waals surface area contributed by atoms with Gasteiger partial charge in [0.15, 0.2) is 5.96 Å². The van der Waals surface area contributed by atoms with Gasteiger partial charge in [0.05, 0.1) is 13.2 Å². The monoisotopic (exact) mass is 444 g/mol. The number of hydrogen-bond donors (Lipinski definition) is 2. The van der Waals surface area contributed by atoms with Crippen LogP contribution < -0.4 is 15.4 Å². The molecule has 7 heteroatoms. The van der Waals surface area contributed by atoms with Gasteiger partial charge < -0.3 is 25.0 Å². The lowest BCUT2D eigenvalue weighted by atomic mass is 10.1. The number of aryl methyl sites for hydroxylation is 1. The van der Waals surface area contributed by atoms with Crippen molar-refractivity contribution in [3.63, 3.8) is 0 Å². The van der Waals surface area contributed by atoms with Crippen LogP contribution in [0.1, 0.15) is 36.1 Å². The van der Waals surface area contributed by atoms with Gasteiger partial charge in [-0.25, -0.2) is 9.38 Å². The molecule has 0 amide bonds. The van der Waals surface area contributed by atoms with Gasteiger partial charge in [-0.2, -0.15) is 0 Å². The number of hydrogen-bond acceptors (Lipinski definition) is 4. The molecule has 0 saturated carbocycles. The highest BCUT2D eigenvalue weighted by Gasteiger charge is 2.08. The lowest BCUT2D eigenvalue weighted by Crippen LogP contribution is -2.36. The maximum Gasteiger partial charge on any atom is 0.191 e. The Kier molecular flexibility index (Phi) is 11.0. The molecule has 2 rings (SSSR count). The molecule has 0 spiro atoms. The molecule has 0 fully saturated rings. The number of aliphatic imine (C=N–C) groups is 1.